The second-order valence-electron chi connectivity index (χ2n) is 12.9. The van der Waals surface area contributed by atoms with Crippen LogP contribution >= 0.6 is 23.2 Å². The maximum atomic E-state index is 15.1. The summed E-state index contributed by atoms with van der Waals surface area (Å²) in [4.78, 5) is 59.7. The number of amides is 3. The number of nitrogens with one attached hydrogen (secondary N) is 2. The first kappa shape index (κ1) is 31.2. The highest BCUT2D eigenvalue weighted by Crippen LogP contribution is 2.37. The van der Waals surface area contributed by atoms with Crippen LogP contribution < -0.4 is 10.9 Å². The quantitative estimate of drug-likeness (QED) is 0.390. The Labute approximate surface area is 269 Å². The van der Waals surface area contributed by atoms with Gasteiger partial charge in [-0.2, -0.15) is 0 Å². The van der Waals surface area contributed by atoms with Gasteiger partial charge < -0.3 is 29.7 Å². The minimum atomic E-state index is -0.700. The van der Waals surface area contributed by atoms with Crippen LogP contribution in [0.1, 0.15) is 61.8 Å². The van der Waals surface area contributed by atoms with Crippen molar-refractivity contribution in [3.63, 3.8) is 0 Å². The second kappa shape index (κ2) is 11.5. The van der Waals surface area contributed by atoms with Crippen LogP contribution in [0.2, 0.25) is 10.0 Å². The smallest absolute Gasteiger partial charge is 0.410 e. The number of pyridine rings is 1. The van der Waals surface area contributed by atoms with Crippen molar-refractivity contribution in [1.82, 2.24) is 19.7 Å². The number of hydrogen-bond acceptors (Lipinski definition) is 6. The van der Waals surface area contributed by atoms with Crippen LogP contribution in [0.5, 0.6) is 0 Å². The summed E-state index contributed by atoms with van der Waals surface area (Å²) in [5, 5.41) is 4.34. The highest BCUT2D eigenvalue weighted by Gasteiger charge is 2.49. The number of rotatable bonds is 4. The molecule has 1 aromatic heterocycles. The summed E-state index contributed by atoms with van der Waals surface area (Å²) in [5.74, 6) is -1.31. The molecule has 3 aliphatic heterocycles. The van der Waals surface area contributed by atoms with E-state index in [0.29, 0.717) is 41.5 Å². The zero-order chi connectivity index (χ0) is 32.4. The van der Waals surface area contributed by atoms with Crippen LogP contribution in [0, 0.1) is 5.82 Å². The Bertz CT molecular complexity index is 1780. The van der Waals surface area contributed by atoms with Crippen LogP contribution in [0.4, 0.5) is 14.9 Å². The van der Waals surface area contributed by atoms with Crippen molar-refractivity contribution in [2.45, 2.75) is 64.3 Å². The number of hydrogen-bond donors (Lipinski definition) is 2. The summed E-state index contributed by atoms with van der Waals surface area (Å²) in [6.07, 6.45) is 0.919. The van der Waals surface area contributed by atoms with E-state index in [4.69, 9.17) is 27.9 Å². The van der Waals surface area contributed by atoms with Gasteiger partial charge in [0.05, 0.1) is 35.7 Å². The zero-order valence-electron chi connectivity index (χ0n) is 25.4. The number of benzene rings is 2. The van der Waals surface area contributed by atoms with E-state index in [9.17, 15) is 19.2 Å². The number of aromatic amines is 1. The number of aromatic nitrogens is 1. The molecule has 2 aromatic carbocycles. The number of carbonyl (C=O) groups is 3. The van der Waals surface area contributed by atoms with Gasteiger partial charge in [-0.3, -0.25) is 14.4 Å². The molecular formula is C32H34Cl2FN5O5. The normalized spacial score (nSPS) is 20.9. The van der Waals surface area contributed by atoms with E-state index in [1.807, 2.05) is 13.0 Å². The number of nitrogens with zero attached hydrogens (tertiary/aromatic N) is 3. The number of ether oxygens (including phenoxy) is 1. The number of piperidine rings is 1. The fraction of sp³-hybridized carbons (Fsp3) is 0.438. The Kier molecular flexibility index (Phi) is 7.97. The number of likely N-dealkylation sites (tertiary alicyclic amines) is 2. The average molecular weight is 659 g/mol. The fourth-order valence-corrected chi connectivity index (χ4v) is 7.30. The number of piperazine rings is 1. The molecule has 2 fully saturated rings. The van der Waals surface area contributed by atoms with Gasteiger partial charge in [-0.25, -0.2) is 9.18 Å². The molecule has 0 spiro atoms. The number of carbonyl (C=O) groups excluding carboxylic acids is 3. The molecule has 0 radical (unpaired) electrons. The van der Waals surface area contributed by atoms with Gasteiger partial charge in [-0.05, 0) is 87.4 Å². The molecule has 6 rings (SSSR count). The van der Waals surface area contributed by atoms with Crippen LogP contribution in [0.25, 0.3) is 10.8 Å². The number of H-pyrrole nitrogens is 1. The minimum absolute atomic E-state index is 0.0311. The minimum Gasteiger partial charge on any atom is -0.444 e. The molecule has 2 N–H and O–H groups in total. The predicted molar refractivity (Wildman–Crippen MR) is 169 cm³/mol. The van der Waals surface area contributed by atoms with E-state index >= 15 is 4.39 Å². The summed E-state index contributed by atoms with van der Waals surface area (Å²) < 4.78 is 20.6. The summed E-state index contributed by atoms with van der Waals surface area (Å²) in [6, 6.07) is 6.86. The first-order chi connectivity index (χ1) is 21.2. The number of halogens is 3. The van der Waals surface area contributed by atoms with E-state index in [-0.39, 0.29) is 53.3 Å². The highest BCUT2D eigenvalue weighted by molar-refractivity contribution is 6.35. The molecule has 2 bridgehead atoms. The van der Waals surface area contributed by atoms with Crippen molar-refractivity contribution in [3.8, 4) is 0 Å². The molecule has 3 unspecified atom stereocenters. The molecule has 0 aliphatic carbocycles. The lowest BCUT2D eigenvalue weighted by atomic mass is 9.87. The lowest BCUT2D eigenvalue weighted by molar-refractivity contribution is -0.131. The molecule has 45 heavy (non-hydrogen) atoms. The van der Waals surface area contributed by atoms with Crippen molar-refractivity contribution in [2.24, 2.45) is 0 Å². The van der Waals surface area contributed by atoms with E-state index in [0.717, 1.165) is 23.6 Å². The first-order valence-electron chi connectivity index (χ1n) is 14.9. The van der Waals surface area contributed by atoms with Crippen molar-refractivity contribution < 1.29 is 23.5 Å². The third-order valence-electron chi connectivity index (χ3n) is 8.68. The third kappa shape index (κ3) is 5.95. The van der Waals surface area contributed by atoms with Gasteiger partial charge in [-0.15, -0.1) is 0 Å². The van der Waals surface area contributed by atoms with Gasteiger partial charge in [0.1, 0.15) is 17.1 Å². The van der Waals surface area contributed by atoms with E-state index in [1.54, 1.807) is 41.5 Å². The molecule has 3 atom stereocenters. The van der Waals surface area contributed by atoms with E-state index < -0.39 is 23.1 Å². The maximum absolute atomic E-state index is 15.1. The molecule has 3 aromatic rings. The Morgan fingerprint density at radius 2 is 1.80 bits per heavy atom. The molecule has 0 saturated carbocycles. The maximum Gasteiger partial charge on any atom is 0.410 e. The van der Waals surface area contributed by atoms with Gasteiger partial charge in [0.15, 0.2) is 0 Å². The van der Waals surface area contributed by atoms with Gasteiger partial charge in [0, 0.05) is 29.7 Å². The van der Waals surface area contributed by atoms with Gasteiger partial charge in [0.25, 0.3) is 11.5 Å². The van der Waals surface area contributed by atoms with Crippen molar-refractivity contribution >= 4 is 57.6 Å². The first-order valence-corrected chi connectivity index (χ1v) is 15.6. The van der Waals surface area contributed by atoms with Crippen LogP contribution in [-0.2, 0) is 16.0 Å². The fourth-order valence-electron chi connectivity index (χ4n) is 6.61. The molecule has 13 heteroatoms. The van der Waals surface area contributed by atoms with Crippen molar-refractivity contribution in [1.29, 1.82) is 0 Å². The Morgan fingerprint density at radius 3 is 2.49 bits per heavy atom. The average Bonchev–Trinajstić information content (AvgIpc) is 2.95. The molecule has 10 nitrogen and oxygen atoms in total. The number of anilines is 1. The van der Waals surface area contributed by atoms with Crippen molar-refractivity contribution in [3.05, 3.63) is 73.4 Å². The summed E-state index contributed by atoms with van der Waals surface area (Å²) in [6.45, 7) is 8.23. The summed E-state index contributed by atoms with van der Waals surface area (Å²) in [5.41, 5.74) is 0.716. The predicted octanol–water partition coefficient (Wildman–Crippen LogP) is 5.37. The number of fused-ring (bicyclic) bond motifs is 4. The Balaban J connectivity index is 1.16. The third-order valence-corrected chi connectivity index (χ3v) is 9.21. The molecule has 2 saturated heterocycles. The summed E-state index contributed by atoms with van der Waals surface area (Å²) >= 11 is 12.6. The molecular weight excluding hydrogens is 624 g/mol. The SMILES string of the molecule is CC1c2c(Cl)cc(Cl)cc2CCN1C(=O)CNc1cc2cc(C(=O)N3C4CC3CN(C(=O)OC(C)(C)C)C4)[nH]c(=O)c2cc1F. The van der Waals surface area contributed by atoms with Crippen LogP contribution in [0.3, 0.4) is 0 Å². The van der Waals surface area contributed by atoms with Gasteiger partial charge in [0.2, 0.25) is 5.91 Å². The molecule has 238 valence electrons. The Morgan fingerprint density at radius 1 is 1.09 bits per heavy atom. The standard InChI is InChI=1S/C32H34Cl2FN5O5/c1-16-28-17(7-19(33)10-23(28)34)5-6-39(16)27(41)13-36-25-8-18-9-26(37-29(42)22(18)12-24(25)35)30(43)40-20-11-21(40)15-38(14-20)31(44)45-32(2,3)4/h7-10,12,16,20-21,36H,5-6,11,13-15H2,1-4H3,(H,37,42). The summed E-state index contributed by atoms with van der Waals surface area (Å²) in [7, 11) is 0. The van der Waals surface area contributed by atoms with E-state index in [2.05, 4.69) is 10.3 Å². The van der Waals surface area contributed by atoms with E-state index in [1.165, 1.54) is 12.1 Å². The van der Waals surface area contributed by atoms with Gasteiger partial charge >= 0.3 is 6.09 Å². The van der Waals surface area contributed by atoms with Crippen molar-refractivity contribution in [2.75, 3.05) is 31.5 Å². The topological polar surface area (TPSA) is 115 Å². The molecule has 4 heterocycles. The lowest BCUT2D eigenvalue weighted by Gasteiger charge is -2.55. The Hall–Kier alpha value is -3.83. The largest absolute Gasteiger partial charge is 0.444 e. The monoisotopic (exact) mass is 657 g/mol. The van der Waals surface area contributed by atoms with Crippen LogP contribution in [0.15, 0.2) is 35.1 Å². The second-order valence-corrected chi connectivity index (χ2v) is 13.7. The highest BCUT2D eigenvalue weighted by atomic mass is 35.5. The van der Waals surface area contributed by atoms with Gasteiger partial charge in [-0.1, -0.05) is 23.2 Å². The zero-order valence-corrected chi connectivity index (χ0v) is 26.9. The molecule has 3 aliphatic rings. The van der Waals surface area contributed by atoms with Crippen LogP contribution in [-0.4, -0.2) is 81.5 Å². The lowest BCUT2D eigenvalue weighted by Crippen LogP contribution is -2.71. The molecule has 3 amide bonds.